The number of aromatic nitrogens is 2. The molecule has 1 fully saturated rings. The fourth-order valence-electron chi connectivity index (χ4n) is 1.76. The van der Waals surface area contributed by atoms with E-state index in [1.165, 1.54) is 0 Å². The molecule has 0 aromatic carbocycles. The van der Waals surface area contributed by atoms with Gasteiger partial charge in [-0.05, 0) is 0 Å². The first-order valence-corrected chi connectivity index (χ1v) is 7.43. The number of nitrogens with zero attached hydrogens (tertiary/aromatic N) is 2. The van der Waals surface area contributed by atoms with Crippen LogP contribution in [0.4, 0.5) is 5.82 Å². The smallest absolute Gasteiger partial charge is 0.160 e. The van der Waals surface area contributed by atoms with Crippen molar-refractivity contribution < 1.29 is 4.74 Å². The van der Waals surface area contributed by atoms with Crippen molar-refractivity contribution >= 4 is 17.6 Å². The molecule has 1 aromatic heterocycles. The lowest BCUT2D eigenvalue weighted by Crippen LogP contribution is -2.22. The predicted octanol–water partition coefficient (Wildman–Crippen LogP) is 2.62. The first kappa shape index (κ1) is 13.6. The highest BCUT2D eigenvalue weighted by molar-refractivity contribution is 7.99. The molecule has 1 N–H and O–H groups in total. The lowest BCUT2D eigenvalue weighted by Gasteiger charge is -2.24. The van der Waals surface area contributed by atoms with Crippen LogP contribution in [0.15, 0.2) is 6.07 Å². The highest BCUT2D eigenvalue weighted by Gasteiger charge is 2.23. The van der Waals surface area contributed by atoms with Crippen LogP contribution in [-0.4, -0.2) is 35.1 Å². The van der Waals surface area contributed by atoms with E-state index in [-0.39, 0.29) is 11.5 Å². The fraction of sp³-hybridized carbons (Fsp3) is 0.692. The minimum absolute atomic E-state index is 0.0189. The summed E-state index contributed by atoms with van der Waals surface area (Å²) in [4.78, 5) is 9.22. The Morgan fingerprint density at radius 2 is 2.17 bits per heavy atom. The number of hydrogen-bond acceptors (Lipinski definition) is 5. The summed E-state index contributed by atoms with van der Waals surface area (Å²) < 4.78 is 5.76. The first-order chi connectivity index (χ1) is 8.50. The van der Waals surface area contributed by atoms with E-state index in [1.54, 1.807) is 0 Å². The van der Waals surface area contributed by atoms with E-state index in [4.69, 9.17) is 4.74 Å². The van der Waals surface area contributed by atoms with Crippen LogP contribution < -0.4 is 5.32 Å². The molecule has 1 aliphatic rings. The molecule has 1 aromatic rings. The van der Waals surface area contributed by atoms with Gasteiger partial charge in [0.1, 0.15) is 11.9 Å². The fourth-order valence-corrected chi connectivity index (χ4v) is 2.60. The Labute approximate surface area is 113 Å². The Morgan fingerprint density at radius 3 is 2.72 bits per heavy atom. The molecule has 1 atom stereocenters. The maximum atomic E-state index is 5.76. The monoisotopic (exact) mass is 267 g/mol. The summed E-state index contributed by atoms with van der Waals surface area (Å²) in [6.45, 7) is 7.27. The second kappa shape index (κ2) is 5.45. The van der Waals surface area contributed by atoms with Crippen LogP contribution in [0.25, 0.3) is 0 Å². The maximum Gasteiger partial charge on any atom is 0.160 e. The van der Waals surface area contributed by atoms with E-state index in [0.29, 0.717) is 0 Å². The van der Waals surface area contributed by atoms with Crippen LogP contribution in [0.1, 0.15) is 38.4 Å². The van der Waals surface area contributed by atoms with Crippen LogP contribution in [0, 0.1) is 0 Å². The summed E-state index contributed by atoms with van der Waals surface area (Å²) >= 11 is 1.90. The van der Waals surface area contributed by atoms with Crippen LogP contribution in [-0.2, 0) is 10.2 Å². The van der Waals surface area contributed by atoms with Crippen molar-refractivity contribution in [1.82, 2.24) is 9.97 Å². The topological polar surface area (TPSA) is 47.0 Å². The lowest BCUT2D eigenvalue weighted by atomic mass is 9.92. The minimum atomic E-state index is 0.0189. The van der Waals surface area contributed by atoms with Crippen molar-refractivity contribution in [3.05, 3.63) is 17.6 Å². The van der Waals surface area contributed by atoms with E-state index < -0.39 is 0 Å². The molecule has 0 amide bonds. The van der Waals surface area contributed by atoms with Crippen LogP contribution in [0.5, 0.6) is 0 Å². The van der Waals surface area contributed by atoms with Crippen molar-refractivity contribution in [3.63, 3.8) is 0 Å². The number of nitrogens with one attached hydrogen (secondary N) is 1. The summed E-state index contributed by atoms with van der Waals surface area (Å²) in [5.41, 5.74) is 1.07. The zero-order chi connectivity index (χ0) is 13.2. The van der Waals surface area contributed by atoms with Gasteiger partial charge in [0, 0.05) is 30.0 Å². The van der Waals surface area contributed by atoms with Gasteiger partial charge >= 0.3 is 0 Å². The molecule has 0 spiro atoms. The van der Waals surface area contributed by atoms with Gasteiger partial charge in [-0.15, -0.1) is 0 Å². The lowest BCUT2D eigenvalue weighted by molar-refractivity contribution is 0.0692. The zero-order valence-corrected chi connectivity index (χ0v) is 12.3. The predicted molar refractivity (Wildman–Crippen MR) is 76.3 cm³/mol. The SMILES string of the molecule is CNc1cc(C(C)(C)C)nc(C2CSCCO2)n1. The average Bonchev–Trinajstić information content (AvgIpc) is 2.38. The van der Waals surface area contributed by atoms with Crippen molar-refractivity contribution in [2.45, 2.75) is 32.3 Å². The van der Waals surface area contributed by atoms with Crippen LogP contribution in [0.2, 0.25) is 0 Å². The normalized spacial score (nSPS) is 20.8. The van der Waals surface area contributed by atoms with Gasteiger partial charge in [-0.1, -0.05) is 20.8 Å². The van der Waals surface area contributed by atoms with Gasteiger partial charge in [-0.2, -0.15) is 11.8 Å². The summed E-state index contributed by atoms with van der Waals surface area (Å²) in [6, 6.07) is 2.01. The Balaban J connectivity index is 2.34. The molecular weight excluding hydrogens is 246 g/mol. The van der Waals surface area contributed by atoms with E-state index in [0.717, 1.165) is 35.4 Å². The Kier molecular flexibility index (Phi) is 4.12. The number of anilines is 1. The first-order valence-electron chi connectivity index (χ1n) is 6.27. The minimum Gasteiger partial charge on any atom is -0.373 e. The average molecular weight is 267 g/mol. The molecule has 2 heterocycles. The molecule has 0 aliphatic carbocycles. The van der Waals surface area contributed by atoms with E-state index >= 15 is 0 Å². The standard InChI is InChI=1S/C13H21N3OS/c1-13(2,3)10-7-11(14-4)16-12(15-10)9-8-18-6-5-17-9/h7,9H,5-6,8H2,1-4H3,(H,14,15,16). The number of ether oxygens (including phenoxy) is 1. The molecule has 5 heteroatoms. The molecule has 18 heavy (non-hydrogen) atoms. The van der Waals surface area contributed by atoms with Crippen molar-refractivity contribution in [2.75, 3.05) is 30.5 Å². The quantitative estimate of drug-likeness (QED) is 0.892. The maximum absolute atomic E-state index is 5.76. The van der Waals surface area contributed by atoms with Gasteiger partial charge in [0.15, 0.2) is 5.82 Å². The molecule has 1 unspecified atom stereocenters. The van der Waals surface area contributed by atoms with E-state index in [1.807, 2.05) is 24.9 Å². The van der Waals surface area contributed by atoms with Crippen molar-refractivity contribution in [1.29, 1.82) is 0 Å². The third kappa shape index (κ3) is 3.14. The molecule has 2 rings (SSSR count). The third-order valence-electron chi connectivity index (χ3n) is 2.87. The molecule has 100 valence electrons. The van der Waals surface area contributed by atoms with Gasteiger partial charge in [-0.3, -0.25) is 0 Å². The second-order valence-electron chi connectivity index (χ2n) is 5.43. The highest BCUT2D eigenvalue weighted by atomic mass is 32.2. The van der Waals surface area contributed by atoms with Gasteiger partial charge in [0.05, 0.1) is 12.3 Å². The molecule has 0 saturated carbocycles. The number of rotatable bonds is 2. The summed E-state index contributed by atoms with van der Waals surface area (Å²) in [5, 5.41) is 3.11. The van der Waals surface area contributed by atoms with E-state index in [2.05, 4.69) is 36.1 Å². The van der Waals surface area contributed by atoms with Gasteiger partial charge in [0.25, 0.3) is 0 Å². The largest absolute Gasteiger partial charge is 0.373 e. The molecule has 0 radical (unpaired) electrons. The zero-order valence-electron chi connectivity index (χ0n) is 11.5. The Morgan fingerprint density at radius 1 is 1.39 bits per heavy atom. The Hall–Kier alpha value is -0.810. The number of thioether (sulfide) groups is 1. The molecule has 1 saturated heterocycles. The summed E-state index contributed by atoms with van der Waals surface area (Å²) in [6.07, 6.45) is 0.0261. The van der Waals surface area contributed by atoms with E-state index in [9.17, 15) is 0 Å². The van der Waals surface area contributed by atoms with Gasteiger partial charge < -0.3 is 10.1 Å². The van der Waals surface area contributed by atoms with Crippen LogP contribution >= 0.6 is 11.8 Å². The highest BCUT2D eigenvalue weighted by Crippen LogP contribution is 2.28. The third-order valence-corrected chi connectivity index (χ3v) is 3.87. The molecule has 0 bridgehead atoms. The molecular formula is C13H21N3OS. The molecule has 4 nitrogen and oxygen atoms in total. The van der Waals surface area contributed by atoms with Gasteiger partial charge in [0.2, 0.25) is 0 Å². The number of hydrogen-bond donors (Lipinski definition) is 1. The Bertz CT molecular complexity index is 411. The second-order valence-corrected chi connectivity index (χ2v) is 6.58. The summed E-state index contributed by atoms with van der Waals surface area (Å²) in [5.74, 6) is 3.67. The van der Waals surface area contributed by atoms with Crippen molar-refractivity contribution in [3.8, 4) is 0 Å². The van der Waals surface area contributed by atoms with Gasteiger partial charge in [-0.25, -0.2) is 9.97 Å². The summed E-state index contributed by atoms with van der Waals surface area (Å²) in [7, 11) is 1.88. The van der Waals surface area contributed by atoms with Crippen molar-refractivity contribution in [2.24, 2.45) is 0 Å². The van der Waals surface area contributed by atoms with Crippen LogP contribution in [0.3, 0.4) is 0 Å². The molecule has 1 aliphatic heterocycles.